The van der Waals surface area contributed by atoms with Gasteiger partial charge in [0.25, 0.3) is 0 Å². The number of carbonyl (C=O) groups excluding carboxylic acids is 1. The summed E-state index contributed by atoms with van der Waals surface area (Å²) < 4.78 is 17.5. The predicted octanol–water partition coefficient (Wildman–Crippen LogP) is 1.32. The van der Waals surface area contributed by atoms with E-state index < -0.39 is 11.8 Å². The van der Waals surface area contributed by atoms with Crippen molar-refractivity contribution in [1.82, 2.24) is 0 Å². The third-order valence-corrected chi connectivity index (χ3v) is 1.58. The first-order valence-electron chi connectivity index (χ1n) is 4.37. The highest BCUT2D eigenvalue weighted by atomic mass is 19.1. The molecule has 0 radical (unpaired) electrons. The Hall–Kier alpha value is -2.02. The third kappa shape index (κ3) is 3.31. The number of halogens is 1. The fourth-order valence-corrected chi connectivity index (χ4v) is 0.895. The standard InChI is InChI=1S/C11H10FNO2/c1-2-15-11(14)6-4-8-3-5-10(13)9(12)7-8/h3,5,7H,2,13H2,1H3. The zero-order chi connectivity index (χ0) is 11.3. The molecule has 0 amide bonds. The molecule has 0 fully saturated rings. The fourth-order valence-electron chi connectivity index (χ4n) is 0.895. The maximum absolute atomic E-state index is 12.9. The van der Waals surface area contributed by atoms with Crippen LogP contribution in [0.25, 0.3) is 0 Å². The Bertz CT molecular complexity index is 432. The third-order valence-electron chi connectivity index (χ3n) is 1.58. The average molecular weight is 207 g/mol. The van der Waals surface area contributed by atoms with Crippen molar-refractivity contribution >= 4 is 11.7 Å². The van der Waals surface area contributed by atoms with Gasteiger partial charge in [0.2, 0.25) is 0 Å². The van der Waals surface area contributed by atoms with Crippen molar-refractivity contribution in [2.45, 2.75) is 6.92 Å². The van der Waals surface area contributed by atoms with Crippen molar-refractivity contribution in [3.8, 4) is 11.8 Å². The van der Waals surface area contributed by atoms with Crippen LogP contribution in [-0.4, -0.2) is 12.6 Å². The van der Waals surface area contributed by atoms with Gasteiger partial charge < -0.3 is 10.5 Å². The molecule has 3 nitrogen and oxygen atoms in total. The summed E-state index contributed by atoms with van der Waals surface area (Å²) in [5.74, 6) is 3.52. The molecule has 0 atom stereocenters. The molecule has 4 heteroatoms. The first-order valence-corrected chi connectivity index (χ1v) is 4.37. The minimum Gasteiger partial charge on any atom is -0.456 e. The molecule has 0 aromatic heterocycles. The van der Waals surface area contributed by atoms with E-state index in [4.69, 9.17) is 5.73 Å². The molecule has 1 rings (SSSR count). The summed E-state index contributed by atoms with van der Waals surface area (Å²) in [5.41, 5.74) is 5.71. The smallest absolute Gasteiger partial charge is 0.384 e. The summed E-state index contributed by atoms with van der Waals surface area (Å²) in [6, 6.07) is 4.09. The number of anilines is 1. The molecule has 0 aliphatic carbocycles. The van der Waals surface area contributed by atoms with Crippen molar-refractivity contribution in [2.24, 2.45) is 0 Å². The average Bonchev–Trinajstić information content (AvgIpc) is 2.20. The zero-order valence-corrected chi connectivity index (χ0v) is 8.21. The van der Waals surface area contributed by atoms with Gasteiger partial charge in [0.05, 0.1) is 12.3 Å². The van der Waals surface area contributed by atoms with Gasteiger partial charge in [-0.2, -0.15) is 0 Å². The van der Waals surface area contributed by atoms with Gasteiger partial charge in [0.15, 0.2) is 0 Å². The molecule has 0 bridgehead atoms. The summed E-state index contributed by atoms with van der Waals surface area (Å²) in [5, 5.41) is 0. The van der Waals surface area contributed by atoms with Crippen LogP contribution in [-0.2, 0) is 9.53 Å². The molecule has 1 aromatic carbocycles. The summed E-state index contributed by atoms with van der Waals surface area (Å²) in [6.45, 7) is 1.95. The van der Waals surface area contributed by atoms with Crippen LogP contribution in [0.1, 0.15) is 12.5 Å². The molecule has 0 aliphatic heterocycles. The number of nitrogens with two attached hydrogens (primary N) is 1. The molecule has 0 aliphatic rings. The van der Waals surface area contributed by atoms with E-state index in [1.807, 2.05) is 0 Å². The number of benzene rings is 1. The normalized spacial score (nSPS) is 8.93. The lowest BCUT2D eigenvalue weighted by Gasteiger charge is -1.95. The van der Waals surface area contributed by atoms with Gasteiger partial charge in [-0.25, -0.2) is 9.18 Å². The Balaban J connectivity index is 2.80. The lowest BCUT2D eigenvalue weighted by atomic mass is 10.2. The van der Waals surface area contributed by atoms with Crippen LogP contribution in [0.4, 0.5) is 10.1 Å². The number of rotatable bonds is 1. The molecule has 0 saturated carbocycles. The summed E-state index contributed by atoms with van der Waals surface area (Å²) in [6.07, 6.45) is 0. The van der Waals surface area contributed by atoms with Crippen molar-refractivity contribution in [1.29, 1.82) is 0 Å². The van der Waals surface area contributed by atoms with E-state index in [9.17, 15) is 9.18 Å². The van der Waals surface area contributed by atoms with Crippen LogP contribution < -0.4 is 5.73 Å². The molecule has 0 spiro atoms. The monoisotopic (exact) mass is 207 g/mol. The summed E-state index contributed by atoms with van der Waals surface area (Å²) in [7, 11) is 0. The van der Waals surface area contributed by atoms with E-state index in [2.05, 4.69) is 16.6 Å². The molecule has 0 heterocycles. The molecule has 15 heavy (non-hydrogen) atoms. The first-order chi connectivity index (χ1) is 7.13. The Morgan fingerprint density at radius 3 is 2.93 bits per heavy atom. The molecule has 0 saturated heterocycles. The minimum atomic E-state index is -0.630. The van der Waals surface area contributed by atoms with E-state index in [1.54, 1.807) is 6.92 Å². The topological polar surface area (TPSA) is 52.3 Å². The van der Waals surface area contributed by atoms with E-state index in [-0.39, 0.29) is 12.3 Å². The SMILES string of the molecule is CCOC(=O)C#Cc1ccc(N)c(F)c1. The molecule has 0 unspecified atom stereocenters. The van der Waals surface area contributed by atoms with Crippen molar-refractivity contribution < 1.29 is 13.9 Å². The van der Waals surface area contributed by atoms with E-state index in [0.29, 0.717) is 5.56 Å². The number of hydrogen-bond acceptors (Lipinski definition) is 3. The second-order valence-corrected chi connectivity index (χ2v) is 2.71. The van der Waals surface area contributed by atoms with Gasteiger partial charge >= 0.3 is 5.97 Å². The molecule has 78 valence electrons. The van der Waals surface area contributed by atoms with E-state index in [0.717, 1.165) is 0 Å². The highest BCUT2D eigenvalue weighted by Crippen LogP contribution is 2.10. The highest BCUT2D eigenvalue weighted by Gasteiger charge is 1.98. The maximum Gasteiger partial charge on any atom is 0.384 e. The van der Waals surface area contributed by atoms with Crippen LogP contribution in [0.5, 0.6) is 0 Å². The van der Waals surface area contributed by atoms with Gasteiger partial charge in [0.1, 0.15) is 5.82 Å². The largest absolute Gasteiger partial charge is 0.456 e. The predicted molar refractivity (Wildman–Crippen MR) is 54.3 cm³/mol. The zero-order valence-electron chi connectivity index (χ0n) is 8.21. The Labute approximate surface area is 87.0 Å². The Morgan fingerprint density at radius 2 is 2.33 bits per heavy atom. The number of carbonyl (C=O) groups is 1. The first kappa shape index (κ1) is 11.1. The van der Waals surface area contributed by atoms with Crippen molar-refractivity contribution in [3.63, 3.8) is 0 Å². The van der Waals surface area contributed by atoms with E-state index in [1.165, 1.54) is 18.2 Å². The molecular formula is C11H10FNO2. The number of nitrogen functional groups attached to an aromatic ring is 1. The number of hydrogen-bond donors (Lipinski definition) is 1. The van der Waals surface area contributed by atoms with Crippen LogP contribution in [0.15, 0.2) is 18.2 Å². The van der Waals surface area contributed by atoms with Gasteiger partial charge in [-0.15, -0.1) is 0 Å². The van der Waals surface area contributed by atoms with Crippen LogP contribution in [0.3, 0.4) is 0 Å². The lowest BCUT2D eigenvalue weighted by molar-refractivity contribution is -0.136. The van der Waals surface area contributed by atoms with E-state index >= 15 is 0 Å². The van der Waals surface area contributed by atoms with Crippen LogP contribution in [0, 0.1) is 17.7 Å². The summed E-state index contributed by atoms with van der Waals surface area (Å²) >= 11 is 0. The van der Waals surface area contributed by atoms with Crippen molar-refractivity contribution in [2.75, 3.05) is 12.3 Å². The van der Waals surface area contributed by atoms with Gasteiger partial charge in [-0.05, 0) is 25.1 Å². The Kier molecular flexibility index (Phi) is 3.69. The fraction of sp³-hybridized carbons (Fsp3) is 0.182. The second kappa shape index (κ2) is 5.01. The van der Waals surface area contributed by atoms with Gasteiger partial charge in [-0.3, -0.25) is 0 Å². The maximum atomic E-state index is 12.9. The number of ether oxygens (including phenoxy) is 1. The number of esters is 1. The van der Waals surface area contributed by atoms with Gasteiger partial charge in [0, 0.05) is 11.5 Å². The van der Waals surface area contributed by atoms with Crippen molar-refractivity contribution in [3.05, 3.63) is 29.6 Å². The quantitative estimate of drug-likeness (QED) is 0.429. The van der Waals surface area contributed by atoms with Crippen LogP contribution >= 0.6 is 0 Å². The molecule has 1 aromatic rings. The molecule has 2 N–H and O–H groups in total. The van der Waals surface area contributed by atoms with Gasteiger partial charge in [-0.1, -0.05) is 5.92 Å². The molecular weight excluding hydrogens is 197 g/mol. The highest BCUT2D eigenvalue weighted by molar-refractivity contribution is 5.89. The minimum absolute atomic E-state index is 0.0525. The Morgan fingerprint density at radius 1 is 1.60 bits per heavy atom. The van der Waals surface area contributed by atoms with Crippen LogP contribution in [0.2, 0.25) is 0 Å². The lowest BCUT2D eigenvalue weighted by Crippen LogP contribution is -1.99. The summed E-state index contributed by atoms with van der Waals surface area (Å²) in [4.78, 5) is 10.9. The second-order valence-electron chi connectivity index (χ2n) is 2.71.